The Morgan fingerprint density at radius 1 is 0.925 bits per heavy atom. The summed E-state index contributed by atoms with van der Waals surface area (Å²) in [5.41, 5.74) is 3.77. The van der Waals surface area contributed by atoms with Crippen molar-refractivity contribution in [2.24, 2.45) is 0 Å². The van der Waals surface area contributed by atoms with Gasteiger partial charge in [0.25, 0.3) is 5.91 Å². The molecule has 2 atom stereocenters. The van der Waals surface area contributed by atoms with E-state index >= 15 is 4.39 Å². The SMILES string of the molecule is COc1ccc(NC(=O)C2=C(C)NC3=C(C(=O)C[C@H](c4ccc(OC)c(OC)c4)C3)[C@@H]2c2ccccc2F)cc1. The average Bonchev–Trinajstić information content (AvgIpc) is 2.96. The predicted molar refractivity (Wildman–Crippen MR) is 150 cm³/mol. The first-order chi connectivity index (χ1) is 19.3. The number of benzene rings is 3. The molecule has 0 bridgehead atoms. The van der Waals surface area contributed by atoms with Gasteiger partial charge in [0.05, 0.1) is 21.3 Å². The molecule has 5 rings (SSSR count). The lowest BCUT2D eigenvalue weighted by atomic mass is 9.71. The third kappa shape index (κ3) is 5.04. The van der Waals surface area contributed by atoms with Gasteiger partial charge in [0, 0.05) is 46.1 Å². The van der Waals surface area contributed by atoms with Crippen LogP contribution >= 0.6 is 0 Å². The molecule has 2 N–H and O–H groups in total. The van der Waals surface area contributed by atoms with Crippen LogP contribution in [0.3, 0.4) is 0 Å². The molecular formula is C32H31FN2O5. The summed E-state index contributed by atoms with van der Waals surface area (Å²) in [4.78, 5) is 27.5. The molecule has 0 aromatic heterocycles. The van der Waals surface area contributed by atoms with Gasteiger partial charge in [0.2, 0.25) is 0 Å². The Kier molecular flexibility index (Phi) is 7.60. The molecule has 8 heteroatoms. The molecule has 0 saturated heterocycles. The first-order valence-electron chi connectivity index (χ1n) is 13.0. The smallest absolute Gasteiger partial charge is 0.254 e. The molecule has 0 unspecified atom stereocenters. The fourth-order valence-electron chi connectivity index (χ4n) is 5.58. The molecule has 0 fully saturated rings. The number of carbonyl (C=O) groups excluding carboxylic acids is 2. The topological polar surface area (TPSA) is 85.9 Å². The Balaban J connectivity index is 1.53. The standard InChI is InChI=1S/C32H31FN2O5/c1-18-29(32(37)35-21-10-12-22(38-2)13-11-21)30(23-7-5-6-8-24(23)33)31-25(34-18)15-20(16-26(31)36)19-9-14-27(39-3)28(17-19)40-4/h5-14,17,20,30,34H,15-16H2,1-4H3,(H,35,37)/t20-,30-/m1/s1. The average molecular weight is 543 g/mol. The number of Topliss-reactive ketones (excluding diaryl/α,β-unsaturated/α-hetero) is 1. The van der Waals surface area contributed by atoms with Gasteiger partial charge in [-0.1, -0.05) is 24.3 Å². The van der Waals surface area contributed by atoms with Gasteiger partial charge in [-0.3, -0.25) is 9.59 Å². The normalized spacial score (nSPS) is 18.6. The van der Waals surface area contributed by atoms with Crippen LogP contribution in [0.4, 0.5) is 10.1 Å². The number of methoxy groups -OCH3 is 3. The quantitative estimate of drug-likeness (QED) is 0.390. The second-order valence-corrected chi connectivity index (χ2v) is 9.84. The summed E-state index contributed by atoms with van der Waals surface area (Å²) in [7, 11) is 4.71. The maximum absolute atomic E-state index is 15.3. The summed E-state index contributed by atoms with van der Waals surface area (Å²) in [6.07, 6.45) is 0.736. The lowest BCUT2D eigenvalue weighted by Gasteiger charge is -2.37. The molecule has 3 aromatic carbocycles. The van der Waals surface area contributed by atoms with Gasteiger partial charge in [0.15, 0.2) is 17.3 Å². The second-order valence-electron chi connectivity index (χ2n) is 9.84. The summed E-state index contributed by atoms with van der Waals surface area (Å²) >= 11 is 0. The first-order valence-corrected chi connectivity index (χ1v) is 13.0. The minimum absolute atomic E-state index is 0.123. The van der Waals surface area contributed by atoms with E-state index in [1.165, 1.54) is 6.07 Å². The number of rotatable bonds is 7. The molecule has 3 aromatic rings. The van der Waals surface area contributed by atoms with Crippen LogP contribution in [0.1, 0.15) is 42.7 Å². The van der Waals surface area contributed by atoms with Gasteiger partial charge in [-0.2, -0.15) is 0 Å². The van der Waals surface area contributed by atoms with Crippen LogP contribution in [0, 0.1) is 5.82 Å². The number of halogens is 1. The van der Waals surface area contributed by atoms with Crippen LogP contribution in [0.5, 0.6) is 17.2 Å². The monoisotopic (exact) mass is 542 g/mol. The van der Waals surface area contributed by atoms with E-state index in [4.69, 9.17) is 14.2 Å². The number of anilines is 1. The van der Waals surface area contributed by atoms with E-state index in [9.17, 15) is 9.59 Å². The minimum atomic E-state index is -0.852. The van der Waals surface area contributed by atoms with E-state index in [-0.39, 0.29) is 23.7 Å². The zero-order chi connectivity index (χ0) is 28.4. The van der Waals surface area contributed by atoms with Crippen molar-refractivity contribution < 1.29 is 28.2 Å². The Labute approximate surface area is 232 Å². The highest BCUT2D eigenvalue weighted by Gasteiger charge is 2.42. The molecule has 0 spiro atoms. The van der Waals surface area contributed by atoms with Crippen LogP contribution in [0.15, 0.2) is 89.3 Å². The number of allylic oxidation sites excluding steroid dienone is 3. The molecule has 206 valence electrons. The van der Waals surface area contributed by atoms with Crippen LogP contribution in [-0.2, 0) is 9.59 Å². The number of carbonyl (C=O) groups is 2. The molecule has 2 aliphatic rings. The molecule has 1 aliphatic heterocycles. The van der Waals surface area contributed by atoms with E-state index in [0.717, 1.165) is 5.56 Å². The van der Waals surface area contributed by atoms with Crippen molar-refractivity contribution in [2.45, 2.75) is 31.6 Å². The van der Waals surface area contributed by atoms with E-state index in [2.05, 4.69) is 10.6 Å². The summed E-state index contributed by atoms with van der Waals surface area (Å²) in [6, 6.07) is 18.9. The number of ether oxygens (including phenoxy) is 3. The van der Waals surface area contributed by atoms with Gasteiger partial charge < -0.3 is 24.8 Å². The van der Waals surface area contributed by atoms with Gasteiger partial charge in [-0.15, -0.1) is 0 Å². The molecule has 1 amide bonds. The number of ketones is 1. The van der Waals surface area contributed by atoms with Gasteiger partial charge in [-0.25, -0.2) is 4.39 Å². The highest BCUT2D eigenvalue weighted by molar-refractivity contribution is 6.10. The fraction of sp³-hybridized carbons (Fsp3) is 0.250. The fourth-order valence-corrected chi connectivity index (χ4v) is 5.58. The molecule has 1 heterocycles. The van der Waals surface area contributed by atoms with Crippen LogP contribution < -0.4 is 24.8 Å². The number of nitrogens with one attached hydrogen (secondary N) is 2. The van der Waals surface area contributed by atoms with Crippen molar-refractivity contribution in [1.82, 2.24) is 5.32 Å². The summed E-state index contributed by atoms with van der Waals surface area (Å²) < 4.78 is 31.3. The van der Waals surface area contributed by atoms with E-state index in [1.54, 1.807) is 70.7 Å². The van der Waals surface area contributed by atoms with Crippen molar-refractivity contribution >= 4 is 17.4 Å². The Bertz CT molecular complexity index is 1530. The molecule has 0 saturated carbocycles. The third-order valence-electron chi connectivity index (χ3n) is 7.52. The molecule has 40 heavy (non-hydrogen) atoms. The summed E-state index contributed by atoms with van der Waals surface area (Å²) in [6.45, 7) is 1.78. The van der Waals surface area contributed by atoms with Crippen LogP contribution in [-0.4, -0.2) is 33.0 Å². The Hall–Kier alpha value is -4.59. The lowest BCUT2D eigenvalue weighted by Crippen LogP contribution is -2.37. The van der Waals surface area contributed by atoms with E-state index < -0.39 is 17.6 Å². The minimum Gasteiger partial charge on any atom is -0.497 e. The maximum Gasteiger partial charge on any atom is 0.254 e. The zero-order valence-electron chi connectivity index (χ0n) is 22.8. The van der Waals surface area contributed by atoms with Crippen molar-refractivity contribution in [3.8, 4) is 17.2 Å². The third-order valence-corrected chi connectivity index (χ3v) is 7.52. The van der Waals surface area contributed by atoms with Gasteiger partial charge >= 0.3 is 0 Å². The second kappa shape index (κ2) is 11.3. The molecule has 1 aliphatic carbocycles. The molecule has 0 radical (unpaired) electrons. The molecular weight excluding hydrogens is 511 g/mol. The molecule has 7 nitrogen and oxygen atoms in total. The number of amides is 1. The van der Waals surface area contributed by atoms with Crippen LogP contribution in [0.2, 0.25) is 0 Å². The predicted octanol–water partition coefficient (Wildman–Crippen LogP) is 5.85. The van der Waals surface area contributed by atoms with Crippen molar-refractivity contribution in [1.29, 1.82) is 0 Å². The van der Waals surface area contributed by atoms with Crippen molar-refractivity contribution in [3.63, 3.8) is 0 Å². The zero-order valence-corrected chi connectivity index (χ0v) is 22.8. The maximum atomic E-state index is 15.3. The number of hydrogen-bond acceptors (Lipinski definition) is 6. The Morgan fingerprint density at radius 2 is 1.65 bits per heavy atom. The van der Waals surface area contributed by atoms with E-state index in [0.29, 0.717) is 51.9 Å². The Morgan fingerprint density at radius 3 is 2.33 bits per heavy atom. The highest BCUT2D eigenvalue weighted by Crippen LogP contribution is 2.47. The van der Waals surface area contributed by atoms with Gasteiger partial charge in [-0.05, 0) is 67.3 Å². The summed E-state index contributed by atoms with van der Waals surface area (Å²) in [5.74, 6) is -0.149. The van der Waals surface area contributed by atoms with Crippen LogP contribution in [0.25, 0.3) is 0 Å². The largest absolute Gasteiger partial charge is 0.497 e. The van der Waals surface area contributed by atoms with Crippen molar-refractivity contribution in [2.75, 3.05) is 26.6 Å². The highest BCUT2D eigenvalue weighted by atomic mass is 19.1. The lowest BCUT2D eigenvalue weighted by molar-refractivity contribution is -0.116. The first kappa shape index (κ1) is 27.0. The van der Waals surface area contributed by atoms with Gasteiger partial charge in [0.1, 0.15) is 11.6 Å². The number of dihydropyridines is 1. The summed E-state index contributed by atoms with van der Waals surface area (Å²) in [5, 5.41) is 6.24. The van der Waals surface area contributed by atoms with Crippen molar-refractivity contribution in [3.05, 3.63) is 106 Å². The van der Waals surface area contributed by atoms with E-state index in [1.807, 2.05) is 18.2 Å². The number of hydrogen-bond donors (Lipinski definition) is 2.